The summed E-state index contributed by atoms with van der Waals surface area (Å²) in [5.74, 6) is 0. The van der Waals surface area contributed by atoms with Crippen molar-refractivity contribution in [2.75, 3.05) is 0 Å². The quantitative estimate of drug-likeness (QED) is 0.134. The second-order valence-corrected chi connectivity index (χ2v) is 30.7. The van der Waals surface area contributed by atoms with Gasteiger partial charge in [-0.1, -0.05) is 260 Å². The monoisotopic (exact) mass is 1020 g/mol. The molecular formula is C74H63NSi2. The lowest BCUT2D eigenvalue weighted by molar-refractivity contribution is 0.590. The van der Waals surface area contributed by atoms with Gasteiger partial charge in [0.15, 0.2) is 16.1 Å². The van der Waals surface area contributed by atoms with Gasteiger partial charge in [-0.25, -0.2) is 0 Å². The highest BCUT2D eigenvalue weighted by Gasteiger charge is 2.56. The van der Waals surface area contributed by atoms with Gasteiger partial charge in [-0.15, -0.1) is 0 Å². The average molecular weight is 1020 g/mol. The fraction of sp³-hybridized carbons (Fsp3) is 0.108. The molecule has 1 nitrogen and oxygen atoms in total. The van der Waals surface area contributed by atoms with Crippen molar-refractivity contribution in [2.24, 2.45) is 0 Å². The molecule has 77 heavy (non-hydrogen) atoms. The largest absolute Gasteiger partial charge is 0.309 e. The molecule has 0 unspecified atom stereocenters. The van der Waals surface area contributed by atoms with E-state index in [9.17, 15) is 0 Å². The Morgan fingerprint density at radius 3 is 1.01 bits per heavy atom. The minimum absolute atomic E-state index is 0.0124. The van der Waals surface area contributed by atoms with Crippen molar-refractivity contribution in [3.63, 3.8) is 0 Å². The Hall–Kier alpha value is -8.35. The predicted molar refractivity (Wildman–Crippen MR) is 335 cm³/mol. The van der Waals surface area contributed by atoms with Crippen molar-refractivity contribution in [3.8, 4) is 39.1 Å². The van der Waals surface area contributed by atoms with E-state index in [2.05, 4.69) is 319 Å². The summed E-state index contributed by atoms with van der Waals surface area (Å²) in [6.45, 7) is 13.9. The molecule has 0 atom stereocenters. The second kappa shape index (κ2) is 18.7. The fourth-order valence-corrected chi connectivity index (χ4v) is 25.1. The van der Waals surface area contributed by atoms with Crippen molar-refractivity contribution in [1.82, 2.24) is 4.57 Å². The minimum atomic E-state index is -3.12. The lowest BCUT2D eigenvalue weighted by Crippen LogP contribution is -2.93. The molecule has 13 rings (SSSR count). The second-order valence-electron chi connectivity index (χ2n) is 23.3. The first-order valence-electron chi connectivity index (χ1n) is 27.3. The van der Waals surface area contributed by atoms with Crippen LogP contribution in [0.25, 0.3) is 60.9 Å². The molecule has 2 heterocycles. The molecule has 11 aromatic carbocycles. The summed E-state index contributed by atoms with van der Waals surface area (Å²) in [6, 6.07) is 105. The third-order valence-corrected chi connectivity index (χ3v) is 26.9. The number of fused-ring (bicyclic) bond motifs is 5. The van der Waals surface area contributed by atoms with E-state index in [1.54, 1.807) is 0 Å². The Labute approximate surface area is 456 Å². The van der Waals surface area contributed by atoms with Crippen LogP contribution in [-0.2, 0) is 10.8 Å². The van der Waals surface area contributed by atoms with Crippen LogP contribution in [0.4, 0.5) is 0 Å². The Morgan fingerprint density at radius 1 is 0.260 bits per heavy atom. The van der Waals surface area contributed by atoms with Gasteiger partial charge in [0, 0.05) is 16.5 Å². The van der Waals surface area contributed by atoms with Gasteiger partial charge < -0.3 is 4.57 Å². The molecule has 12 aromatic rings. The van der Waals surface area contributed by atoms with Gasteiger partial charge in [0.1, 0.15) is 0 Å². The smallest absolute Gasteiger partial charge is 0.179 e. The minimum Gasteiger partial charge on any atom is -0.309 e. The van der Waals surface area contributed by atoms with Crippen molar-refractivity contribution in [3.05, 3.63) is 284 Å². The molecular weight excluding hydrogens is 959 g/mol. The Morgan fingerprint density at radius 2 is 0.597 bits per heavy atom. The number of aromatic nitrogens is 1. The first-order valence-corrected chi connectivity index (χ1v) is 31.3. The summed E-state index contributed by atoms with van der Waals surface area (Å²) in [5, 5.41) is 14.0. The van der Waals surface area contributed by atoms with Crippen LogP contribution in [0.15, 0.2) is 273 Å². The topological polar surface area (TPSA) is 4.93 Å². The molecule has 1 aliphatic rings. The molecule has 0 saturated carbocycles. The summed E-state index contributed by atoms with van der Waals surface area (Å²) >= 11 is 0. The maximum Gasteiger partial charge on any atom is 0.179 e. The predicted octanol–water partition coefficient (Wildman–Crippen LogP) is 13.4. The third kappa shape index (κ3) is 7.94. The molecule has 0 aliphatic carbocycles. The molecule has 1 aliphatic heterocycles. The highest BCUT2D eigenvalue weighted by Crippen LogP contribution is 2.38. The Kier molecular flexibility index (Phi) is 11.8. The molecule has 1 aromatic heterocycles. The van der Waals surface area contributed by atoms with Gasteiger partial charge in [-0.2, -0.15) is 0 Å². The zero-order valence-corrected chi connectivity index (χ0v) is 46.9. The van der Waals surface area contributed by atoms with Crippen LogP contribution in [-0.4, -0.2) is 20.7 Å². The van der Waals surface area contributed by atoms with Crippen LogP contribution in [0.1, 0.15) is 52.7 Å². The number of hydrogen-bond acceptors (Lipinski definition) is 0. The molecule has 0 saturated heterocycles. The Bertz CT molecular complexity index is 3980. The molecule has 0 radical (unpaired) electrons. The van der Waals surface area contributed by atoms with E-state index in [1.807, 2.05) is 0 Å². The summed E-state index contributed by atoms with van der Waals surface area (Å²) in [6.07, 6.45) is 0. The number of nitrogens with zero attached hydrogens (tertiary/aromatic N) is 1. The summed E-state index contributed by atoms with van der Waals surface area (Å²) in [7, 11) is -6.23. The lowest BCUT2D eigenvalue weighted by Gasteiger charge is -2.48. The van der Waals surface area contributed by atoms with Crippen molar-refractivity contribution < 1.29 is 0 Å². The lowest BCUT2D eigenvalue weighted by atomic mass is 9.85. The zero-order valence-electron chi connectivity index (χ0n) is 44.9. The highest BCUT2D eigenvalue weighted by molar-refractivity contribution is 7.33. The van der Waals surface area contributed by atoms with E-state index in [-0.39, 0.29) is 10.8 Å². The van der Waals surface area contributed by atoms with E-state index in [0.717, 1.165) is 0 Å². The molecule has 0 fully saturated rings. The number of hydrogen-bond donors (Lipinski definition) is 0. The van der Waals surface area contributed by atoms with Crippen LogP contribution >= 0.6 is 0 Å². The van der Waals surface area contributed by atoms with Crippen molar-refractivity contribution in [2.45, 2.75) is 52.4 Å². The van der Waals surface area contributed by atoms with Gasteiger partial charge in [-0.3, -0.25) is 0 Å². The van der Waals surface area contributed by atoms with E-state index in [1.165, 1.54) is 113 Å². The van der Waals surface area contributed by atoms with Crippen LogP contribution in [0, 0.1) is 0 Å². The highest BCUT2D eigenvalue weighted by atomic mass is 28.3. The number of rotatable bonds is 8. The fourth-order valence-electron chi connectivity index (χ4n) is 13.0. The first kappa shape index (κ1) is 48.3. The summed E-state index contributed by atoms with van der Waals surface area (Å²) in [4.78, 5) is 0. The van der Waals surface area contributed by atoms with Crippen molar-refractivity contribution >= 4 is 79.4 Å². The normalized spacial score (nSPS) is 16.3. The Balaban J connectivity index is 1.08. The molecule has 0 bridgehead atoms. The van der Waals surface area contributed by atoms with Crippen molar-refractivity contribution in [1.29, 1.82) is 0 Å². The molecule has 372 valence electrons. The average Bonchev–Trinajstić information content (AvgIpc) is 3.93. The maximum absolute atomic E-state index is 3.12. The zero-order chi connectivity index (χ0) is 52.5. The van der Waals surface area contributed by atoms with Gasteiger partial charge in [0.2, 0.25) is 0 Å². The van der Waals surface area contributed by atoms with E-state index < -0.39 is 16.1 Å². The van der Waals surface area contributed by atoms with E-state index in [4.69, 9.17) is 0 Å². The standard InChI is InChI=1S/C74H63NSi2/c1-73(2,3)58-41-43-67-65(49-58)66-50-59(74(4,5)6)42-44-68(66)75(67)60-30-24-36-64(51-60)77(62-33-17-10-18-34-62)71-39-21-19-37-69(71)76(61-31-15-9-16-32-61,70-38-20-22-40-72(70)77)63-35-23-29-54(48-63)57-46-55(52-25-11-7-12-26-52)45-56(47-57)53-27-13-8-14-28-53/h7-51H,1-6H3. The maximum atomic E-state index is 2.57. The third-order valence-electron chi connectivity index (χ3n) is 16.7. The van der Waals surface area contributed by atoms with Gasteiger partial charge in [0.25, 0.3) is 0 Å². The number of benzene rings is 11. The van der Waals surface area contributed by atoms with E-state index >= 15 is 0 Å². The van der Waals surface area contributed by atoms with Crippen LogP contribution in [0.2, 0.25) is 0 Å². The summed E-state index contributed by atoms with van der Waals surface area (Å²) < 4.78 is 2.55. The first-order chi connectivity index (χ1) is 37.4. The van der Waals surface area contributed by atoms with Crippen LogP contribution in [0.3, 0.4) is 0 Å². The van der Waals surface area contributed by atoms with Gasteiger partial charge in [0.05, 0.1) is 11.0 Å². The molecule has 0 amide bonds. The molecule has 3 heteroatoms. The summed E-state index contributed by atoms with van der Waals surface area (Å²) in [5.41, 5.74) is 13.6. The molecule has 0 N–H and O–H groups in total. The van der Waals surface area contributed by atoms with Gasteiger partial charge in [-0.05, 0) is 151 Å². The van der Waals surface area contributed by atoms with Crippen LogP contribution in [0.5, 0.6) is 0 Å². The van der Waals surface area contributed by atoms with E-state index in [0.29, 0.717) is 0 Å². The van der Waals surface area contributed by atoms with Gasteiger partial charge >= 0.3 is 0 Å². The SMILES string of the molecule is CC(C)(C)c1ccc2c(c1)c1cc(C(C)(C)C)ccc1n2-c1cccc([Si]2(c3ccccc3)c3ccccc3[Si](c3ccccc3)(c3cccc(-c4cc(-c5ccccc5)cc(-c5ccccc5)c4)c3)c3ccccc32)c1. The van der Waals surface area contributed by atoms with Crippen LogP contribution < -0.4 is 41.5 Å². The molecule has 0 spiro atoms.